The number of anilines is 2. The van der Waals surface area contributed by atoms with Gasteiger partial charge in [-0.3, -0.25) is 9.59 Å². The van der Waals surface area contributed by atoms with Crippen molar-refractivity contribution in [1.82, 2.24) is 5.32 Å². The van der Waals surface area contributed by atoms with Gasteiger partial charge < -0.3 is 16.0 Å². The molecule has 3 rings (SSSR count). The first kappa shape index (κ1) is 18.0. The zero-order chi connectivity index (χ0) is 18.5. The fourth-order valence-electron chi connectivity index (χ4n) is 2.68. The smallest absolute Gasteiger partial charge is 0.255 e. The molecule has 0 bridgehead atoms. The number of aryl methyl sites for hydroxylation is 1. The lowest BCUT2D eigenvalue weighted by Crippen LogP contribution is -2.25. The van der Waals surface area contributed by atoms with Crippen LogP contribution in [0.5, 0.6) is 0 Å². The molecule has 0 atom stereocenters. The van der Waals surface area contributed by atoms with E-state index in [2.05, 4.69) is 22.9 Å². The maximum absolute atomic E-state index is 12.6. The molecule has 1 fully saturated rings. The number of rotatable bonds is 7. The molecule has 2 aromatic rings. The molecule has 1 saturated carbocycles. The number of nitrogens with one attached hydrogen (secondary N) is 3. The summed E-state index contributed by atoms with van der Waals surface area (Å²) in [6.07, 6.45) is 3.05. The van der Waals surface area contributed by atoms with Crippen LogP contribution in [0.3, 0.4) is 0 Å². The molecule has 0 aliphatic heterocycles. The Kier molecular flexibility index (Phi) is 5.56. The molecule has 0 radical (unpaired) electrons. The lowest BCUT2D eigenvalue weighted by molar-refractivity contribution is 0.0949. The fourth-order valence-corrected chi connectivity index (χ4v) is 2.68. The molecule has 2 amide bonds. The second-order valence-corrected chi connectivity index (χ2v) is 6.76. The van der Waals surface area contributed by atoms with Crippen LogP contribution in [-0.4, -0.2) is 24.4 Å². The predicted octanol–water partition coefficient (Wildman–Crippen LogP) is 3.96. The number of hydrogen-bond acceptors (Lipinski definition) is 3. The number of benzene rings is 2. The molecule has 0 saturated heterocycles. The fraction of sp³-hybridized carbons (Fsp3) is 0.333. The van der Waals surface area contributed by atoms with E-state index in [9.17, 15) is 9.59 Å². The Morgan fingerprint density at radius 1 is 1.00 bits per heavy atom. The van der Waals surface area contributed by atoms with Crippen molar-refractivity contribution in [2.75, 3.05) is 17.2 Å². The second kappa shape index (κ2) is 8.04. The van der Waals surface area contributed by atoms with Crippen LogP contribution >= 0.6 is 0 Å². The molecule has 1 aliphatic carbocycles. The monoisotopic (exact) mass is 351 g/mol. The van der Waals surface area contributed by atoms with E-state index >= 15 is 0 Å². The van der Waals surface area contributed by atoms with Crippen molar-refractivity contribution in [2.24, 2.45) is 0 Å². The molecule has 0 heterocycles. The molecule has 5 heteroatoms. The number of amides is 2. The van der Waals surface area contributed by atoms with E-state index in [1.54, 1.807) is 18.2 Å². The first-order chi connectivity index (χ1) is 12.6. The van der Waals surface area contributed by atoms with Gasteiger partial charge in [0.25, 0.3) is 11.8 Å². The van der Waals surface area contributed by atoms with Crippen LogP contribution in [0.15, 0.2) is 42.5 Å². The molecule has 0 unspecified atom stereocenters. The van der Waals surface area contributed by atoms with Gasteiger partial charge in [0.1, 0.15) is 0 Å². The summed E-state index contributed by atoms with van der Waals surface area (Å²) in [5, 5.41) is 9.23. The molecular formula is C21H25N3O2. The van der Waals surface area contributed by atoms with Gasteiger partial charge in [0, 0.05) is 23.7 Å². The summed E-state index contributed by atoms with van der Waals surface area (Å²) in [6, 6.07) is 13.1. The first-order valence-electron chi connectivity index (χ1n) is 9.13. The van der Waals surface area contributed by atoms with Gasteiger partial charge in [0.05, 0.1) is 11.4 Å². The van der Waals surface area contributed by atoms with Crippen molar-refractivity contribution in [2.45, 2.75) is 39.2 Å². The van der Waals surface area contributed by atoms with Crippen molar-refractivity contribution in [1.29, 1.82) is 0 Å². The molecule has 5 nitrogen and oxygen atoms in total. The van der Waals surface area contributed by atoms with Crippen molar-refractivity contribution in [3.63, 3.8) is 0 Å². The Labute approximate surface area is 154 Å². The highest BCUT2D eigenvalue weighted by atomic mass is 16.2. The average Bonchev–Trinajstić information content (AvgIpc) is 3.44. The zero-order valence-corrected chi connectivity index (χ0v) is 15.3. The van der Waals surface area contributed by atoms with Crippen LogP contribution in [0.4, 0.5) is 11.4 Å². The van der Waals surface area contributed by atoms with Gasteiger partial charge in [-0.25, -0.2) is 0 Å². The molecule has 3 N–H and O–H groups in total. The van der Waals surface area contributed by atoms with Crippen LogP contribution in [0, 0.1) is 6.92 Å². The minimum Gasteiger partial charge on any atom is -0.383 e. The maximum atomic E-state index is 12.6. The highest BCUT2D eigenvalue weighted by Crippen LogP contribution is 2.25. The lowest BCUT2D eigenvalue weighted by Gasteiger charge is -2.15. The van der Waals surface area contributed by atoms with Crippen LogP contribution in [0.25, 0.3) is 0 Å². The summed E-state index contributed by atoms with van der Waals surface area (Å²) in [4.78, 5) is 25.0. The van der Waals surface area contributed by atoms with Gasteiger partial charge >= 0.3 is 0 Å². The van der Waals surface area contributed by atoms with Crippen molar-refractivity contribution in [3.05, 3.63) is 59.2 Å². The number of carbonyl (C=O) groups is 2. The minimum absolute atomic E-state index is 0.0967. The first-order valence-corrected chi connectivity index (χ1v) is 9.13. The third kappa shape index (κ3) is 4.63. The Bertz CT molecular complexity index is 813. The largest absolute Gasteiger partial charge is 0.383 e. The standard InChI is InChI=1S/C21H25N3O2/c1-3-11-22-18-10-7-16(20(25)23-17-8-9-17)13-19(18)24-21(26)15-6-4-5-14(2)12-15/h4-7,10,12-13,17,22H,3,8-9,11H2,1-2H3,(H,23,25)(H,24,26). The minimum atomic E-state index is -0.187. The van der Waals surface area contributed by atoms with Gasteiger partial charge in [-0.1, -0.05) is 24.6 Å². The average molecular weight is 351 g/mol. The third-order valence-electron chi connectivity index (χ3n) is 4.29. The van der Waals surface area contributed by atoms with Crippen molar-refractivity contribution < 1.29 is 9.59 Å². The normalized spacial score (nSPS) is 13.2. The lowest BCUT2D eigenvalue weighted by atomic mass is 10.1. The van der Waals surface area contributed by atoms with E-state index in [1.165, 1.54) is 0 Å². The Balaban J connectivity index is 1.83. The molecule has 0 spiro atoms. The van der Waals surface area contributed by atoms with E-state index < -0.39 is 0 Å². The van der Waals surface area contributed by atoms with E-state index in [0.29, 0.717) is 22.9 Å². The molecular weight excluding hydrogens is 326 g/mol. The van der Waals surface area contributed by atoms with E-state index in [1.807, 2.05) is 31.2 Å². The van der Waals surface area contributed by atoms with Gasteiger partial charge in [-0.15, -0.1) is 0 Å². The summed E-state index contributed by atoms with van der Waals surface area (Å²) < 4.78 is 0. The Morgan fingerprint density at radius 3 is 2.46 bits per heavy atom. The van der Waals surface area contributed by atoms with Crippen molar-refractivity contribution in [3.8, 4) is 0 Å². The molecule has 1 aliphatic rings. The highest BCUT2D eigenvalue weighted by Gasteiger charge is 2.24. The summed E-state index contributed by atoms with van der Waals surface area (Å²) in [5.74, 6) is -0.284. The highest BCUT2D eigenvalue weighted by molar-refractivity contribution is 6.07. The van der Waals surface area contributed by atoms with Gasteiger partial charge in [0.15, 0.2) is 0 Å². The summed E-state index contributed by atoms with van der Waals surface area (Å²) in [6.45, 7) is 4.82. The van der Waals surface area contributed by atoms with Gasteiger partial charge in [-0.2, -0.15) is 0 Å². The molecule has 0 aromatic heterocycles. The molecule has 26 heavy (non-hydrogen) atoms. The Hall–Kier alpha value is -2.82. The third-order valence-corrected chi connectivity index (χ3v) is 4.29. The quantitative estimate of drug-likeness (QED) is 0.707. The summed E-state index contributed by atoms with van der Waals surface area (Å²) in [7, 11) is 0. The second-order valence-electron chi connectivity index (χ2n) is 6.76. The van der Waals surface area contributed by atoms with Crippen LogP contribution in [-0.2, 0) is 0 Å². The summed E-state index contributed by atoms with van der Waals surface area (Å²) >= 11 is 0. The molecule has 2 aromatic carbocycles. The zero-order valence-electron chi connectivity index (χ0n) is 15.3. The van der Waals surface area contributed by atoms with E-state index in [0.717, 1.165) is 37.1 Å². The van der Waals surface area contributed by atoms with E-state index in [4.69, 9.17) is 0 Å². The topological polar surface area (TPSA) is 70.2 Å². The van der Waals surface area contributed by atoms with Gasteiger partial charge in [-0.05, 0) is 56.5 Å². The van der Waals surface area contributed by atoms with Crippen LogP contribution in [0.1, 0.15) is 52.5 Å². The SMILES string of the molecule is CCCNc1ccc(C(=O)NC2CC2)cc1NC(=O)c1cccc(C)c1. The van der Waals surface area contributed by atoms with Crippen molar-refractivity contribution >= 4 is 23.2 Å². The predicted molar refractivity (Wildman–Crippen MR) is 105 cm³/mol. The molecule has 136 valence electrons. The van der Waals surface area contributed by atoms with Crippen LogP contribution in [0.2, 0.25) is 0 Å². The van der Waals surface area contributed by atoms with E-state index in [-0.39, 0.29) is 11.8 Å². The number of hydrogen-bond donors (Lipinski definition) is 3. The number of carbonyl (C=O) groups excluding carboxylic acids is 2. The van der Waals surface area contributed by atoms with Crippen LogP contribution < -0.4 is 16.0 Å². The Morgan fingerprint density at radius 2 is 1.77 bits per heavy atom. The van der Waals surface area contributed by atoms with Gasteiger partial charge in [0.2, 0.25) is 0 Å². The summed E-state index contributed by atoms with van der Waals surface area (Å²) in [5.41, 5.74) is 3.61. The maximum Gasteiger partial charge on any atom is 0.255 e.